The van der Waals surface area contributed by atoms with Crippen molar-refractivity contribution in [3.63, 3.8) is 0 Å². The van der Waals surface area contributed by atoms with Crippen molar-refractivity contribution in [1.82, 2.24) is 0 Å². The third-order valence-corrected chi connectivity index (χ3v) is 2.74. The van der Waals surface area contributed by atoms with Gasteiger partial charge >= 0.3 is 6.09 Å². The van der Waals surface area contributed by atoms with E-state index in [1.165, 1.54) is 0 Å². The van der Waals surface area contributed by atoms with Gasteiger partial charge in [-0.1, -0.05) is 0 Å². The van der Waals surface area contributed by atoms with E-state index in [1.807, 2.05) is 0 Å². The average molecular weight is 301 g/mol. The first kappa shape index (κ1) is 16.7. The van der Waals surface area contributed by atoms with Crippen molar-refractivity contribution < 1.29 is 23.1 Å². The molecule has 0 aliphatic rings. The summed E-state index contributed by atoms with van der Waals surface area (Å²) in [7, 11) is 0. The van der Waals surface area contributed by atoms with E-state index in [4.69, 9.17) is 16.2 Å². The first-order valence-electron chi connectivity index (χ1n) is 6.14. The number of amides is 2. The summed E-state index contributed by atoms with van der Waals surface area (Å²) in [6.45, 7) is 3.19. The SMILES string of the molecule is CC(C)(CCC(=O)Nc1ccc(F)c(F)c1N)OC(N)=O. The maximum atomic E-state index is 13.2. The minimum Gasteiger partial charge on any atom is -0.444 e. The van der Waals surface area contributed by atoms with Gasteiger partial charge in [-0.15, -0.1) is 0 Å². The van der Waals surface area contributed by atoms with Crippen LogP contribution in [0.2, 0.25) is 0 Å². The molecule has 0 aromatic heterocycles. The molecule has 0 saturated heterocycles. The van der Waals surface area contributed by atoms with Crippen LogP contribution < -0.4 is 16.8 Å². The van der Waals surface area contributed by atoms with Crippen LogP contribution in [0.3, 0.4) is 0 Å². The fourth-order valence-corrected chi connectivity index (χ4v) is 1.63. The number of nitrogen functional groups attached to an aromatic ring is 1. The van der Waals surface area contributed by atoms with Crippen molar-refractivity contribution in [2.24, 2.45) is 5.73 Å². The van der Waals surface area contributed by atoms with E-state index < -0.39 is 34.9 Å². The molecule has 0 aliphatic carbocycles. The molecule has 0 heterocycles. The van der Waals surface area contributed by atoms with E-state index in [-0.39, 0.29) is 18.5 Å². The minimum absolute atomic E-state index is 0.0152. The lowest BCUT2D eigenvalue weighted by Gasteiger charge is -2.23. The monoisotopic (exact) mass is 301 g/mol. The maximum absolute atomic E-state index is 13.2. The van der Waals surface area contributed by atoms with Gasteiger partial charge in [-0.2, -0.15) is 0 Å². The van der Waals surface area contributed by atoms with Crippen LogP contribution in [0.15, 0.2) is 12.1 Å². The van der Waals surface area contributed by atoms with E-state index in [2.05, 4.69) is 5.32 Å². The molecule has 0 aliphatic heterocycles. The Bertz CT molecular complexity index is 562. The first-order valence-corrected chi connectivity index (χ1v) is 6.14. The Morgan fingerprint density at radius 2 is 1.95 bits per heavy atom. The van der Waals surface area contributed by atoms with Gasteiger partial charge in [0.15, 0.2) is 11.6 Å². The van der Waals surface area contributed by atoms with Gasteiger partial charge in [-0.05, 0) is 32.4 Å². The van der Waals surface area contributed by atoms with Gasteiger partial charge in [0.25, 0.3) is 0 Å². The number of nitrogens with one attached hydrogen (secondary N) is 1. The lowest BCUT2D eigenvalue weighted by molar-refractivity contribution is -0.117. The van der Waals surface area contributed by atoms with Gasteiger partial charge in [0, 0.05) is 6.42 Å². The molecule has 0 unspecified atom stereocenters. The van der Waals surface area contributed by atoms with Crippen molar-refractivity contribution in [1.29, 1.82) is 0 Å². The van der Waals surface area contributed by atoms with Crippen LogP contribution >= 0.6 is 0 Å². The second-order valence-corrected chi connectivity index (χ2v) is 5.05. The van der Waals surface area contributed by atoms with E-state index in [9.17, 15) is 18.4 Å². The zero-order valence-electron chi connectivity index (χ0n) is 11.7. The summed E-state index contributed by atoms with van der Waals surface area (Å²) in [6, 6.07) is 2.03. The summed E-state index contributed by atoms with van der Waals surface area (Å²) in [4.78, 5) is 22.4. The van der Waals surface area contributed by atoms with Crippen LogP contribution in [-0.4, -0.2) is 17.6 Å². The molecule has 1 aromatic rings. The Kier molecular flexibility index (Phi) is 5.07. The molecule has 0 fully saturated rings. The van der Waals surface area contributed by atoms with Gasteiger partial charge in [0.1, 0.15) is 5.60 Å². The number of hydrogen-bond acceptors (Lipinski definition) is 4. The molecule has 6 nitrogen and oxygen atoms in total. The molecule has 0 bridgehead atoms. The van der Waals surface area contributed by atoms with Crippen molar-refractivity contribution >= 4 is 23.4 Å². The number of benzene rings is 1. The summed E-state index contributed by atoms with van der Waals surface area (Å²) in [5, 5.41) is 2.36. The Balaban J connectivity index is 2.63. The highest BCUT2D eigenvalue weighted by molar-refractivity contribution is 5.93. The zero-order chi connectivity index (χ0) is 16.2. The Labute approximate surface area is 120 Å². The summed E-state index contributed by atoms with van der Waals surface area (Å²) in [5.41, 5.74) is 8.86. The second kappa shape index (κ2) is 6.38. The minimum atomic E-state index is -1.22. The van der Waals surface area contributed by atoms with Crippen LogP contribution in [0.4, 0.5) is 25.0 Å². The number of carbonyl (C=O) groups is 2. The van der Waals surface area contributed by atoms with Gasteiger partial charge in [-0.3, -0.25) is 4.79 Å². The van der Waals surface area contributed by atoms with Crippen LogP contribution in [0, 0.1) is 11.6 Å². The molecular formula is C13H17F2N3O3. The fraction of sp³-hybridized carbons (Fsp3) is 0.385. The summed E-state index contributed by atoms with van der Waals surface area (Å²) in [5.74, 6) is -2.79. The number of anilines is 2. The highest BCUT2D eigenvalue weighted by Crippen LogP contribution is 2.24. The van der Waals surface area contributed by atoms with E-state index in [1.54, 1.807) is 13.8 Å². The van der Waals surface area contributed by atoms with Crippen molar-refractivity contribution in [3.05, 3.63) is 23.8 Å². The second-order valence-electron chi connectivity index (χ2n) is 5.05. The van der Waals surface area contributed by atoms with Crippen molar-refractivity contribution in [2.45, 2.75) is 32.3 Å². The third kappa shape index (κ3) is 4.90. The molecule has 0 radical (unpaired) electrons. The van der Waals surface area contributed by atoms with E-state index >= 15 is 0 Å². The van der Waals surface area contributed by atoms with Crippen LogP contribution in [0.25, 0.3) is 0 Å². The lowest BCUT2D eigenvalue weighted by atomic mass is 10.0. The highest BCUT2D eigenvalue weighted by atomic mass is 19.2. The molecule has 21 heavy (non-hydrogen) atoms. The largest absolute Gasteiger partial charge is 0.444 e. The van der Waals surface area contributed by atoms with Gasteiger partial charge < -0.3 is 21.5 Å². The van der Waals surface area contributed by atoms with Gasteiger partial charge in [-0.25, -0.2) is 13.6 Å². The number of primary amides is 1. The number of halogens is 2. The number of carbonyl (C=O) groups excluding carboxylic acids is 2. The average Bonchev–Trinajstić information content (AvgIpc) is 2.36. The smallest absolute Gasteiger partial charge is 0.405 e. The summed E-state index contributed by atoms with van der Waals surface area (Å²) in [6.07, 6.45) is -0.755. The third-order valence-electron chi connectivity index (χ3n) is 2.74. The molecule has 8 heteroatoms. The van der Waals surface area contributed by atoms with Crippen LogP contribution in [-0.2, 0) is 9.53 Å². The predicted molar refractivity (Wildman–Crippen MR) is 73.4 cm³/mol. The number of hydrogen-bond donors (Lipinski definition) is 3. The molecule has 5 N–H and O–H groups in total. The molecule has 0 spiro atoms. The first-order chi connectivity index (χ1) is 9.62. The normalized spacial score (nSPS) is 11.0. The predicted octanol–water partition coefficient (Wildman–Crippen LogP) is 2.14. The Morgan fingerprint density at radius 1 is 1.33 bits per heavy atom. The molecule has 2 amide bonds. The molecule has 0 saturated carbocycles. The maximum Gasteiger partial charge on any atom is 0.405 e. The van der Waals surface area contributed by atoms with Crippen LogP contribution in [0.5, 0.6) is 0 Å². The Morgan fingerprint density at radius 3 is 2.52 bits per heavy atom. The number of nitrogens with two attached hydrogens (primary N) is 2. The van der Waals surface area contributed by atoms with Crippen molar-refractivity contribution in [2.75, 3.05) is 11.1 Å². The molecule has 116 valence electrons. The topological polar surface area (TPSA) is 107 Å². The van der Waals surface area contributed by atoms with Gasteiger partial charge in [0.2, 0.25) is 5.91 Å². The molecular weight excluding hydrogens is 284 g/mol. The highest BCUT2D eigenvalue weighted by Gasteiger charge is 2.23. The number of ether oxygens (including phenoxy) is 1. The molecule has 1 rings (SSSR count). The summed E-state index contributed by atoms with van der Waals surface area (Å²) >= 11 is 0. The van der Waals surface area contributed by atoms with E-state index in [0.29, 0.717) is 0 Å². The fourth-order valence-electron chi connectivity index (χ4n) is 1.63. The summed E-state index contributed by atoms with van der Waals surface area (Å²) < 4.78 is 31.0. The zero-order valence-corrected chi connectivity index (χ0v) is 11.7. The number of rotatable bonds is 5. The van der Waals surface area contributed by atoms with E-state index in [0.717, 1.165) is 12.1 Å². The quantitative estimate of drug-likeness (QED) is 0.724. The van der Waals surface area contributed by atoms with Gasteiger partial charge in [0.05, 0.1) is 11.4 Å². The van der Waals surface area contributed by atoms with Crippen molar-refractivity contribution in [3.8, 4) is 0 Å². The molecule has 0 atom stereocenters. The standard InChI is InChI=1S/C13H17F2N3O3/c1-13(2,21-12(17)20)6-5-9(19)18-8-4-3-7(14)10(15)11(8)16/h3-4H,5-6,16H2,1-2H3,(H2,17,20)(H,18,19). The van der Waals surface area contributed by atoms with Crippen LogP contribution in [0.1, 0.15) is 26.7 Å². The molecule has 1 aromatic carbocycles. The Hall–Kier alpha value is -2.38. The lowest BCUT2D eigenvalue weighted by Crippen LogP contribution is -2.32.